The van der Waals surface area contributed by atoms with Gasteiger partial charge in [0.1, 0.15) is 17.0 Å². The van der Waals surface area contributed by atoms with E-state index in [4.69, 9.17) is 13.7 Å². The van der Waals surface area contributed by atoms with Crippen molar-refractivity contribution in [3.05, 3.63) is 84.1 Å². The van der Waals surface area contributed by atoms with Crippen LogP contribution in [-0.4, -0.2) is 16.1 Å². The van der Waals surface area contributed by atoms with E-state index in [0.29, 0.717) is 28.7 Å². The van der Waals surface area contributed by atoms with Crippen molar-refractivity contribution >= 4 is 5.97 Å². The molecule has 0 fully saturated rings. The van der Waals surface area contributed by atoms with Crippen LogP contribution >= 0.6 is 0 Å². The molecular formula is C21H16N2O4. The van der Waals surface area contributed by atoms with Crippen molar-refractivity contribution < 1.29 is 18.5 Å². The van der Waals surface area contributed by atoms with Crippen LogP contribution in [0.2, 0.25) is 0 Å². The van der Waals surface area contributed by atoms with E-state index in [0.717, 1.165) is 11.1 Å². The highest BCUT2D eigenvalue weighted by atomic mass is 16.5. The first kappa shape index (κ1) is 16.8. The van der Waals surface area contributed by atoms with Crippen LogP contribution in [0.15, 0.2) is 75.8 Å². The molecule has 0 spiro atoms. The van der Waals surface area contributed by atoms with Gasteiger partial charge in [-0.05, 0) is 6.92 Å². The number of carbonyl (C=O) groups is 1. The van der Waals surface area contributed by atoms with Gasteiger partial charge in [-0.25, -0.2) is 9.78 Å². The first-order valence-electron chi connectivity index (χ1n) is 8.41. The Morgan fingerprint density at radius 3 is 2.37 bits per heavy atom. The molecule has 4 aromatic rings. The second-order valence-corrected chi connectivity index (χ2v) is 5.89. The van der Waals surface area contributed by atoms with Crippen molar-refractivity contribution in [2.75, 3.05) is 0 Å². The fraction of sp³-hybridized carbons (Fsp3) is 0.0952. The summed E-state index contributed by atoms with van der Waals surface area (Å²) in [5, 5.41) is 3.99. The maximum Gasteiger partial charge on any atom is 0.344 e. The van der Waals surface area contributed by atoms with Crippen LogP contribution in [0.3, 0.4) is 0 Å². The van der Waals surface area contributed by atoms with Crippen LogP contribution < -0.4 is 0 Å². The minimum atomic E-state index is -0.535. The topological polar surface area (TPSA) is 78.4 Å². The number of esters is 1. The number of oxazole rings is 1. The number of hydrogen-bond acceptors (Lipinski definition) is 6. The Hall–Kier alpha value is -3.67. The van der Waals surface area contributed by atoms with Crippen molar-refractivity contribution in [2.24, 2.45) is 0 Å². The molecule has 0 amide bonds. The molecule has 0 radical (unpaired) electrons. The van der Waals surface area contributed by atoms with E-state index in [1.807, 2.05) is 60.7 Å². The Labute approximate surface area is 155 Å². The summed E-state index contributed by atoms with van der Waals surface area (Å²) >= 11 is 0. The van der Waals surface area contributed by atoms with Gasteiger partial charge in [0, 0.05) is 11.1 Å². The van der Waals surface area contributed by atoms with Gasteiger partial charge in [0.2, 0.25) is 5.89 Å². The van der Waals surface area contributed by atoms with E-state index in [-0.39, 0.29) is 6.61 Å². The molecule has 0 atom stereocenters. The van der Waals surface area contributed by atoms with E-state index in [9.17, 15) is 4.79 Å². The molecule has 27 heavy (non-hydrogen) atoms. The number of hydrogen-bond donors (Lipinski definition) is 0. The molecule has 0 bridgehead atoms. The van der Waals surface area contributed by atoms with Crippen LogP contribution in [0.4, 0.5) is 0 Å². The number of aromatic nitrogens is 2. The lowest BCUT2D eigenvalue weighted by atomic mass is 10.1. The SMILES string of the molecule is Cc1onc(-c2ccccc2)c1C(=O)OCc1ncc(-c2ccccc2)o1. The third-order valence-corrected chi connectivity index (χ3v) is 4.05. The highest BCUT2D eigenvalue weighted by molar-refractivity contribution is 5.97. The second-order valence-electron chi connectivity index (χ2n) is 5.89. The fourth-order valence-electron chi connectivity index (χ4n) is 2.72. The van der Waals surface area contributed by atoms with Gasteiger partial charge in [-0.3, -0.25) is 0 Å². The van der Waals surface area contributed by atoms with E-state index < -0.39 is 5.97 Å². The molecule has 2 aromatic carbocycles. The number of rotatable bonds is 5. The van der Waals surface area contributed by atoms with Crippen molar-refractivity contribution in [1.82, 2.24) is 10.1 Å². The van der Waals surface area contributed by atoms with Gasteiger partial charge in [0.15, 0.2) is 12.4 Å². The lowest BCUT2D eigenvalue weighted by Gasteiger charge is -2.03. The van der Waals surface area contributed by atoms with Gasteiger partial charge >= 0.3 is 5.97 Å². The van der Waals surface area contributed by atoms with E-state index >= 15 is 0 Å². The summed E-state index contributed by atoms with van der Waals surface area (Å²) < 4.78 is 16.2. The molecular weight excluding hydrogens is 344 g/mol. The average molecular weight is 360 g/mol. The minimum absolute atomic E-state index is 0.0789. The summed E-state index contributed by atoms with van der Waals surface area (Å²) in [6.07, 6.45) is 1.61. The zero-order chi connectivity index (χ0) is 18.6. The van der Waals surface area contributed by atoms with Gasteiger partial charge in [0.25, 0.3) is 0 Å². The highest BCUT2D eigenvalue weighted by Crippen LogP contribution is 2.26. The molecule has 134 valence electrons. The standard InChI is InChI=1S/C21H16N2O4/c1-14-19(20(23-27-14)16-10-6-3-7-11-16)21(24)25-13-18-22-12-17(26-18)15-8-4-2-5-9-15/h2-12H,13H2,1H3. The first-order valence-corrected chi connectivity index (χ1v) is 8.41. The number of aryl methyl sites for hydroxylation is 1. The maximum atomic E-state index is 12.6. The van der Waals surface area contributed by atoms with Gasteiger partial charge in [0.05, 0.1) is 6.20 Å². The van der Waals surface area contributed by atoms with Crippen LogP contribution in [0.5, 0.6) is 0 Å². The molecule has 0 aliphatic carbocycles. The summed E-state index contributed by atoms with van der Waals surface area (Å²) in [5.41, 5.74) is 2.44. The number of ether oxygens (including phenoxy) is 1. The Morgan fingerprint density at radius 1 is 1.00 bits per heavy atom. The lowest BCUT2D eigenvalue weighted by Crippen LogP contribution is -2.07. The van der Waals surface area contributed by atoms with Crippen molar-refractivity contribution in [3.63, 3.8) is 0 Å². The molecule has 2 aromatic heterocycles. The molecule has 0 saturated heterocycles. The summed E-state index contributed by atoms with van der Waals surface area (Å²) in [6, 6.07) is 18.9. The molecule has 4 rings (SSSR count). The summed E-state index contributed by atoms with van der Waals surface area (Å²) in [5.74, 6) is 0.800. The van der Waals surface area contributed by atoms with Crippen molar-refractivity contribution in [2.45, 2.75) is 13.5 Å². The smallest absolute Gasteiger partial charge is 0.344 e. The van der Waals surface area contributed by atoms with Gasteiger partial charge < -0.3 is 13.7 Å². The van der Waals surface area contributed by atoms with E-state index in [1.54, 1.807) is 13.1 Å². The zero-order valence-electron chi connectivity index (χ0n) is 14.6. The van der Waals surface area contributed by atoms with Gasteiger partial charge in [-0.2, -0.15) is 0 Å². The predicted octanol–water partition coefficient (Wildman–Crippen LogP) is 4.66. The average Bonchev–Trinajstić information content (AvgIpc) is 3.34. The maximum absolute atomic E-state index is 12.6. The van der Waals surface area contributed by atoms with Crippen LogP contribution in [0, 0.1) is 6.92 Å². The fourth-order valence-corrected chi connectivity index (χ4v) is 2.72. The number of nitrogens with zero attached hydrogens (tertiary/aromatic N) is 2. The summed E-state index contributed by atoms with van der Waals surface area (Å²) in [7, 11) is 0. The number of carbonyl (C=O) groups excluding carboxylic acids is 1. The molecule has 2 heterocycles. The van der Waals surface area contributed by atoms with Gasteiger partial charge in [-0.15, -0.1) is 0 Å². The Bertz CT molecular complexity index is 1050. The third kappa shape index (κ3) is 3.50. The molecule has 0 N–H and O–H groups in total. The predicted molar refractivity (Wildman–Crippen MR) is 97.7 cm³/mol. The molecule has 0 aliphatic rings. The Balaban J connectivity index is 1.50. The zero-order valence-corrected chi connectivity index (χ0v) is 14.6. The molecule has 0 aliphatic heterocycles. The normalized spacial score (nSPS) is 10.7. The van der Waals surface area contributed by atoms with E-state index in [2.05, 4.69) is 10.1 Å². The van der Waals surface area contributed by atoms with Crippen LogP contribution in [0.1, 0.15) is 22.0 Å². The monoisotopic (exact) mass is 360 g/mol. The van der Waals surface area contributed by atoms with Crippen molar-refractivity contribution in [3.8, 4) is 22.6 Å². The summed E-state index contributed by atoms with van der Waals surface area (Å²) in [4.78, 5) is 16.7. The van der Waals surface area contributed by atoms with Crippen LogP contribution in [-0.2, 0) is 11.3 Å². The molecule has 0 unspecified atom stereocenters. The highest BCUT2D eigenvalue weighted by Gasteiger charge is 2.23. The minimum Gasteiger partial charge on any atom is -0.452 e. The number of benzene rings is 2. The van der Waals surface area contributed by atoms with Crippen molar-refractivity contribution in [1.29, 1.82) is 0 Å². The molecule has 6 heteroatoms. The van der Waals surface area contributed by atoms with E-state index in [1.165, 1.54) is 0 Å². The second kappa shape index (κ2) is 7.29. The molecule has 0 saturated carbocycles. The first-order chi connectivity index (χ1) is 13.2. The van der Waals surface area contributed by atoms with Gasteiger partial charge in [-0.1, -0.05) is 65.8 Å². The Kier molecular flexibility index (Phi) is 4.53. The van der Waals surface area contributed by atoms with Crippen LogP contribution in [0.25, 0.3) is 22.6 Å². The quantitative estimate of drug-likeness (QED) is 0.482. The Morgan fingerprint density at radius 2 is 1.67 bits per heavy atom. The third-order valence-electron chi connectivity index (χ3n) is 4.05. The largest absolute Gasteiger partial charge is 0.452 e. The lowest BCUT2D eigenvalue weighted by molar-refractivity contribution is 0.0438. The summed E-state index contributed by atoms with van der Waals surface area (Å²) in [6.45, 7) is 1.60. The molecule has 6 nitrogen and oxygen atoms in total.